The van der Waals surface area contributed by atoms with Crippen LogP contribution in [0.4, 0.5) is 0 Å². The van der Waals surface area contributed by atoms with E-state index < -0.39 is 111 Å². The molecule has 3 saturated heterocycles. The second kappa shape index (κ2) is 15.4. The van der Waals surface area contributed by atoms with E-state index in [0.29, 0.717) is 5.56 Å². The lowest BCUT2D eigenvalue weighted by Gasteiger charge is -2.46. The van der Waals surface area contributed by atoms with Crippen molar-refractivity contribution in [3.8, 4) is 28.7 Å². The Morgan fingerprint density at radius 3 is 2.21 bits per heavy atom. The molecule has 4 aliphatic heterocycles. The van der Waals surface area contributed by atoms with Crippen LogP contribution in [0.2, 0.25) is 0 Å². The van der Waals surface area contributed by atoms with Crippen LogP contribution in [0.25, 0.3) is 6.08 Å². The van der Waals surface area contributed by atoms with Crippen molar-refractivity contribution in [1.82, 2.24) is 0 Å². The summed E-state index contributed by atoms with van der Waals surface area (Å²) in [6.45, 7) is 0.381. The van der Waals surface area contributed by atoms with Crippen LogP contribution in [0, 0.1) is 0 Å². The zero-order valence-electron chi connectivity index (χ0n) is 27.7. The van der Waals surface area contributed by atoms with Gasteiger partial charge in [0.25, 0.3) is 0 Å². The molecule has 6 rings (SSSR count). The Morgan fingerprint density at radius 1 is 0.750 bits per heavy atom. The van der Waals surface area contributed by atoms with E-state index in [1.807, 2.05) is 0 Å². The summed E-state index contributed by atoms with van der Waals surface area (Å²) in [5.74, 6) is -0.952. The summed E-state index contributed by atoms with van der Waals surface area (Å²) < 4.78 is 46.0. The number of phenolic OH excluding ortho intramolecular Hbond substituents is 3. The van der Waals surface area contributed by atoms with Gasteiger partial charge in [0.1, 0.15) is 77.9 Å². The highest BCUT2D eigenvalue weighted by molar-refractivity contribution is 5.70. The summed E-state index contributed by atoms with van der Waals surface area (Å²) in [5.41, 5.74) is 0.384. The van der Waals surface area contributed by atoms with Crippen molar-refractivity contribution in [2.75, 3.05) is 20.3 Å². The van der Waals surface area contributed by atoms with E-state index in [9.17, 15) is 56.2 Å². The molecule has 2 aromatic carbocycles. The van der Waals surface area contributed by atoms with E-state index in [4.69, 9.17) is 37.9 Å². The van der Waals surface area contributed by atoms with Crippen LogP contribution in [0.5, 0.6) is 28.7 Å². The average Bonchev–Trinajstić information content (AvgIpc) is 3.11. The summed E-state index contributed by atoms with van der Waals surface area (Å²) in [7, 11) is 1.32. The van der Waals surface area contributed by atoms with Gasteiger partial charge in [0.2, 0.25) is 6.29 Å². The number of methoxy groups -OCH3 is 1. The Balaban J connectivity index is 1.33. The van der Waals surface area contributed by atoms with Gasteiger partial charge >= 0.3 is 0 Å². The molecule has 0 spiro atoms. The quantitative estimate of drug-likeness (QED) is 0.126. The van der Waals surface area contributed by atoms with Crippen molar-refractivity contribution in [1.29, 1.82) is 0 Å². The maximum Gasteiger partial charge on any atom is 0.229 e. The average molecular weight is 743 g/mol. The number of phenols is 3. The van der Waals surface area contributed by atoms with Crippen LogP contribution in [-0.4, -0.2) is 163 Å². The Bertz CT molecular complexity index is 1590. The van der Waals surface area contributed by atoms with Gasteiger partial charge < -0.3 is 94.1 Å². The first-order valence-electron chi connectivity index (χ1n) is 16.3. The topological polar surface area (TPSA) is 296 Å². The van der Waals surface area contributed by atoms with Gasteiger partial charge in [-0.1, -0.05) is 6.07 Å². The number of aliphatic hydroxyl groups excluding tert-OH is 8. The number of ether oxygens (including phenoxy) is 8. The zero-order chi connectivity index (χ0) is 37.6. The van der Waals surface area contributed by atoms with Gasteiger partial charge in [-0.05, 0) is 25.1 Å². The fraction of sp³-hybridized carbons (Fsp3) is 0.576. The summed E-state index contributed by atoms with van der Waals surface area (Å²) in [4.78, 5) is 0. The molecule has 0 bridgehead atoms. The van der Waals surface area contributed by atoms with Gasteiger partial charge in [0.15, 0.2) is 36.3 Å². The highest BCUT2D eigenvalue weighted by atomic mass is 16.8. The summed E-state index contributed by atoms with van der Waals surface area (Å²) >= 11 is 0. The molecule has 0 aliphatic carbocycles. The standard InChI is InChI=1S/C33H42O19/c1-11-22(38)25(41)28(44)31(48-11)47-10-21-24(40)26(42)30(52-32-27(43)23(39)17(37)9-46-32)33(51-21)50-20-8-14-16(36)6-13(34)7-18(14)49-29(20)12-3-4-15(35)19(5-12)45-2/h3-8,11,17,21-44H,9-10H2,1-2H3. The monoisotopic (exact) mass is 742 g/mol. The minimum atomic E-state index is -1.90. The molecule has 2 aromatic rings. The first-order valence-corrected chi connectivity index (χ1v) is 16.3. The zero-order valence-corrected chi connectivity index (χ0v) is 27.7. The fourth-order valence-electron chi connectivity index (χ4n) is 6.24. The number of aliphatic hydroxyl groups is 8. The molecule has 288 valence electrons. The first-order chi connectivity index (χ1) is 24.7. The molecule has 11 N–H and O–H groups in total. The molecule has 0 radical (unpaired) electrons. The third-order valence-corrected chi connectivity index (χ3v) is 9.28. The van der Waals surface area contributed by atoms with E-state index in [1.54, 1.807) is 0 Å². The predicted octanol–water partition coefficient (Wildman–Crippen LogP) is -2.58. The number of hydrogen-bond donors (Lipinski definition) is 11. The minimum Gasteiger partial charge on any atom is -0.508 e. The third kappa shape index (κ3) is 7.46. The van der Waals surface area contributed by atoms with E-state index in [0.717, 1.165) is 6.07 Å². The van der Waals surface area contributed by atoms with Crippen LogP contribution < -0.4 is 9.47 Å². The number of hydrogen-bond acceptors (Lipinski definition) is 19. The van der Waals surface area contributed by atoms with Gasteiger partial charge in [-0.3, -0.25) is 0 Å². The number of rotatable bonds is 9. The maximum atomic E-state index is 11.4. The number of aromatic hydroxyl groups is 3. The lowest BCUT2D eigenvalue weighted by Crippen LogP contribution is -2.63. The van der Waals surface area contributed by atoms with E-state index >= 15 is 0 Å². The van der Waals surface area contributed by atoms with Crippen molar-refractivity contribution in [3.05, 3.63) is 47.2 Å². The maximum absolute atomic E-state index is 11.4. The van der Waals surface area contributed by atoms with E-state index in [1.165, 1.54) is 44.4 Å². The summed E-state index contributed by atoms with van der Waals surface area (Å²) in [6.07, 6.45) is -22.3. The molecule has 0 aromatic heterocycles. The molecule has 19 heteroatoms. The lowest BCUT2D eigenvalue weighted by atomic mass is 9.97. The van der Waals surface area contributed by atoms with Gasteiger partial charge in [0, 0.05) is 17.7 Å². The summed E-state index contributed by atoms with van der Waals surface area (Å²) in [6, 6.07) is 6.51. The molecular weight excluding hydrogens is 700 g/mol. The second-order valence-corrected chi connectivity index (χ2v) is 12.9. The summed E-state index contributed by atoms with van der Waals surface area (Å²) in [5, 5.41) is 115. The Labute approximate surface area is 295 Å². The van der Waals surface area contributed by atoms with Crippen LogP contribution >= 0.6 is 0 Å². The highest BCUT2D eigenvalue weighted by Crippen LogP contribution is 2.46. The highest BCUT2D eigenvalue weighted by Gasteiger charge is 2.52. The van der Waals surface area contributed by atoms with Crippen molar-refractivity contribution in [3.63, 3.8) is 0 Å². The van der Waals surface area contributed by atoms with E-state index in [-0.39, 0.29) is 34.3 Å². The normalized spacial score (nSPS) is 39.2. The van der Waals surface area contributed by atoms with Crippen molar-refractivity contribution in [2.45, 2.75) is 99.0 Å². The fourth-order valence-corrected chi connectivity index (χ4v) is 6.24. The molecule has 52 heavy (non-hydrogen) atoms. The molecule has 3 fully saturated rings. The smallest absolute Gasteiger partial charge is 0.229 e. The molecule has 0 amide bonds. The van der Waals surface area contributed by atoms with Crippen LogP contribution in [0.15, 0.2) is 36.1 Å². The molecule has 4 aliphatic rings. The first kappa shape index (κ1) is 38.2. The number of fused-ring (bicyclic) bond motifs is 1. The molecule has 4 heterocycles. The third-order valence-electron chi connectivity index (χ3n) is 9.28. The van der Waals surface area contributed by atoms with Crippen molar-refractivity contribution >= 4 is 6.08 Å². The number of benzene rings is 2. The van der Waals surface area contributed by atoms with Crippen LogP contribution in [0.1, 0.15) is 24.2 Å². The Morgan fingerprint density at radius 2 is 1.48 bits per heavy atom. The van der Waals surface area contributed by atoms with E-state index in [2.05, 4.69) is 0 Å². The van der Waals surface area contributed by atoms with Gasteiger partial charge in [-0.15, -0.1) is 0 Å². The molecule has 19 nitrogen and oxygen atoms in total. The predicted molar refractivity (Wildman–Crippen MR) is 168 cm³/mol. The largest absolute Gasteiger partial charge is 0.508 e. The SMILES string of the molecule is COc1cc(C2Oc3cc(O)cc(O)c3C=C2OC2OC(COC3OC(C)C(O)C(O)C3O)C(O)C(O)C2OC2OCC(O)C(O)C2O)ccc1O. The van der Waals surface area contributed by atoms with Crippen LogP contribution in [0.3, 0.4) is 0 Å². The van der Waals surface area contributed by atoms with Gasteiger partial charge in [-0.2, -0.15) is 0 Å². The van der Waals surface area contributed by atoms with Gasteiger partial charge in [0.05, 0.1) is 32.0 Å². The molecule has 15 atom stereocenters. The molecule has 15 unspecified atom stereocenters. The van der Waals surface area contributed by atoms with Gasteiger partial charge in [-0.25, -0.2) is 0 Å². The lowest BCUT2D eigenvalue weighted by molar-refractivity contribution is -0.359. The Hall–Kier alpha value is -3.54. The van der Waals surface area contributed by atoms with Crippen LogP contribution in [-0.2, 0) is 28.4 Å². The molecular formula is C33H42O19. The Kier molecular flexibility index (Phi) is 11.3. The van der Waals surface area contributed by atoms with Crippen molar-refractivity contribution in [2.24, 2.45) is 0 Å². The second-order valence-electron chi connectivity index (χ2n) is 12.9. The molecule has 0 saturated carbocycles. The minimum absolute atomic E-state index is 0.0276. The van der Waals surface area contributed by atoms with Crippen molar-refractivity contribution < 1.29 is 94.1 Å².